The van der Waals surface area contributed by atoms with E-state index in [0.717, 1.165) is 29.9 Å². The highest BCUT2D eigenvalue weighted by molar-refractivity contribution is 5.70. The number of hydrogen-bond acceptors (Lipinski definition) is 2. The lowest BCUT2D eigenvalue weighted by molar-refractivity contribution is 0.902. The molecule has 25 heavy (non-hydrogen) atoms. The summed E-state index contributed by atoms with van der Waals surface area (Å²) in [7, 11) is 1.93. The molecule has 1 heterocycles. The van der Waals surface area contributed by atoms with Gasteiger partial charge in [0.2, 0.25) is 0 Å². The number of rotatable bonds is 5. The van der Waals surface area contributed by atoms with E-state index in [1.165, 1.54) is 27.8 Å². The minimum Gasteiger partial charge on any atom is -0.387 e. The Hall–Kier alpha value is -2.61. The molecule has 2 nitrogen and oxygen atoms in total. The Kier molecular flexibility index (Phi) is 5.18. The Labute approximate surface area is 151 Å². The van der Waals surface area contributed by atoms with Crippen LogP contribution in [-0.4, -0.2) is 12.0 Å². The molecule has 0 aliphatic rings. The van der Waals surface area contributed by atoms with E-state index in [-0.39, 0.29) is 0 Å². The third kappa shape index (κ3) is 3.90. The van der Waals surface area contributed by atoms with Gasteiger partial charge in [-0.15, -0.1) is 0 Å². The minimum absolute atomic E-state index is 0.966. The lowest BCUT2D eigenvalue weighted by atomic mass is 9.94. The Morgan fingerprint density at radius 3 is 2.24 bits per heavy atom. The zero-order valence-electron chi connectivity index (χ0n) is 15.6. The van der Waals surface area contributed by atoms with Crippen molar-refractivity contribution >= 4 is 5.69 Å². The van der Waals surface area contributed by atoms with Gasteiger partial charge in [0.1, 0.15) is 0 Å². The van der Waals surface area contributed by atoms with E-state index in [4.69, 9.17) is 4.98 Å². The second kappa shape index (κ2) is 7.52. The first-order chi connectivity index (χ1) is 12.1. The van der Waals surface area contributed by atoms with Crippen LogP contribution in [-0.2, 0) is 12.8 Å². The van der Waals surface area contributed by atoms with Gasteiger partial charge in [-0.1, -0.05) is 42.5 Å². The van der Waals surface area contributed by atoms with E-state index in [9.17, 15) is 0 Å². The molecule has 0 saturated heterocycles. The summed E-state index contributed by atoms with van der Waals surface area (Å²) in [5.74, 6) is 0. The molecule has 0 aliphatic carbocycles. The smallest absolute Gasteiger partial charge is 0.0606 e. The molecule has 128 valence electrons. The molecular weight excluding hydrogens is 304 g/mol. The third-order valence-electron chi connectivity index (χ3n) is 4.81. The van der Waals surface area contributed by atoms with Crippen LogP contribution in [0.25, 0.3) is 11.1 Å². The molecule has 0 unspecified atom stereocenters. The molecule has 0 aliphatic heterocycles. The van der Waals surface area contributed by atoms with Crippen LogP contribution in [0.5, 0.6) is 0 Å². The summed E-state index contributed by atoms with van der Waals surface area (Å²) in [6.07, 6.45) is 1.98. The van der Waals surface area contributed by atoms with Crippen molar-refractivity contribution in [3.63, 3.8) is 0 Å². The first kappa shape index (κ1) is 17.2. The summed E-state index contributed by atoms with van der Waals surface area (Å²) in [5, 5.41) is 3.17. The minimum atomic E-state index is 0.966. The zero-order valence-corrected chi connectivity index (χ0v) is 15.6. The number of pyridine rings is 1. The Morgan fingerprint density at radius 2 is 1.56 bits per heavy atom. The Bertz CT molecular complexity index is 881. The van der Waals surface area contributed by atoms with Crippen LogP contribution in [0.1, 0.15) is 28.1 Å². The van der Waals surface area contributed by atoms with Crippen molar-refractivity contribution < 1.29 is 0 Å². The van der Waals surface area contributed by atoms with Crippen molar-refractivity contribution in [2.24, 2.45) is 0 Å². The number of nitrogens with zero attached hydrogens (tertiary/aromatic N) is 1. The predicted octanol–water partition coefficient (Wildman–Crippen LogP) is 5.50. The average Bonchev–Trinajstić information content (AvgIpc) is 2.61. The van der Waals surface area contributed by atoms with Gasteiger partial charge in [0, 0.05) is 12.7 Å². The SMILES string of the molecule is CNc1ccc(CCc2ccc(-c3ccccc3C)c(C)c2)nc1C. The van der Waals surface area contributed by atoms with Crippen molar-refractivity contribution in [3.05, 3.63) is 82.7 Å². The standard InChI is InChI=1S/C23H26N2/c1-16-7-5-6-8-21(16)22-13-10-19(15-17(22)2)9-11-20-12-14-23(24-4)18(3)25-20/h5-8,10,12-15,24H,9,11H2,1-4H3. The maximum absolute atomic E-state index is 4.70. The summed E-state index contributed by atoms with van der Waals surface area (Å²) in [4.78, 5) is 4.70. The van der Waals surface area contributed by atoms with Gasteiger partial charge in [0.25, 0.3) is 0 Å². The summed E-state index contributed by atoms with van der Waals surface area (Å²) >= 11 is 0. The van der Waals surface area contributed by atoms with Crippen molar-refractivity contribution in [1.82, 2.24) is 4.98 Å². The van der Waals surface area contributed by atoms with Gasteiger partial charge in [-0.3, -0.25) is 4.98 Å². The Balaban J connectivity index is 1.75. The maximum atomic E-state index is 4.70. The monoisotopic (exact) mass is 330 g/mol. The van der Waals surface area contributed by atoms with Crippen LogP contribution in [0, 0.1) is 20.8 Å². The summed E-state index contributed by atoms with van der Waals surface area (Å²) in [6.45, 7) is 6.43. The maximum Gasteiger partial charge on any atom is 0.0606 e. The largest absolute Gasteiger partial charge is 0.387 e. The molecule has 0 amide bonds. The molecule has 1 N–H and O–H groups in total. The van der Waals surface area contributed by atoms with Gasteiger partial charge in [-0.2, -0.15) is 0 Å². The predicted molar refractivity (Wildman–Crippen MR) is 107 cm³/mol. The van der Waals surface area contributed by atoms with Gasteiger partial charge < -0.3 is 5.32 Å². The molecule has 0 fully saturated rings. The lowest BCUT2D eigenvalue weighted by Gasteiger charge is -2.12. The fourth-order valence-corrected chi connectivity index (χ4v) is 3.35. The van der Waals surface area contributed by atoms with E-state index < -0.39 is 0 Å². The molecule has 0 bridgehead atoms. The first-order valence-electron chi connectivity index (χ1n) is 8.88. The highest BCUT2D eigenvalue weighted by atomic mass is 14.9. The summed E-state index contributed by atoms with van der Waals surface area (Å²) in [6, 6.07) is 19.6. The molecular formula is C23H26N2. The molecule has 0 atom stereocenters. The van der Waals surface area contributed by atoms with Gasteiger partial charge in [0.05, 0.1) is 11.4 Å². The van der Waals surface area contributed by atoms with Crippen LogP contribution in [0.4, 0.5) is 5.69 Å². The van der Waals surface area contributed by atoms with Gasteiger partial charge in [-0.05, 0) is 73.6 Å². The third-order valence-corrected chi connectivity index (χ3v) is 4.81. The molecule has 1 aromatic heterocycles. The van der Waals surface area contributed by atoms with Gasteiger partial charge in [0.15, 0.2) is 0 Å². The molecule has 3 aromatic rings. The van der Waals surface area contributed by atoms with Gasteiger partial charge in [-0.25, -0.2) is 0 Å². The highest BCUT2D eigenvalue weighted by Gasteiger charge is 2.06. The normalized spacial score (nSPS) is 10.7. The lowest BCUT2D eigenvalue weighted by Crippen LogP contribution is -2.00. The molecule has 0 spiro atoms. The molecule has 2 aromatic carbocycles. The molecule has 0 radical (unpaired) electrons. The van der Waals surface area contributed by atoms with Crippen LogP contribution in [0.15, 0.2) is 54.6 Å². The van der Waals surface area contributed by atoms with Crippen LogP contribution < -0.4 is 5.32 Å². The quantitative estimate of drug-likeness (QED) is 0.668. The van der Waals surface area contributed by atoms with Crippen LogP contribution >= 0.6 is 0 Å². The summed E-state index contributed by atoms with van der Waals surface area (Å²) in [5.41, 5.74) is 9.99. The van der Waals surface area contributed by atoms with E-state index >= 15 is 0 Å². The summed E-state index contributed by atoms with van der Waals surface area (Å²) < 4.78 is 0. The zero-order chi connectivity index (χ0) is 17.8. The van der Waals surface area contributed by atoms with Crippen molar-refractivity contribution in [2.75, 3.05) is 12.4 Å². The van der Waals surface area contributed by atoms with Crippen molar-refractivity contribution in [1.29, 1.82) is 0 Å². The second-order valence-corrected chi connectivity index (χ2v) is 6.65. The van der Waals surface area contributed by atoms with Crippen LogP contribution in [0.3, 0.4) is 0 Å². The number of aromatic nitrogens is 1. The fraction of sp³-hybridized carbons (Fsp3) is 0.261. The highest BCUT2D eigenvalue weighted by Crippen LogP contribution is 2.27. The van der Waals surface area contributed by atoms with E-state index in [1.807, 2.05) is 7.05 Å². The number of benzene rings is 2. The van der Waals surface area contributed by atoms with Crippen LogP contribution in [0.2, 0.25) is 0 Å². The molecule has 2 heteroatoms. The van der Waals surface area contributed by atoms with Crippen molar-refractivity contribution in [2.45, 2.75) is 33.6 Å². The first-order valence-corrected chi connectivity index (χ1v) is 8.88. The van der Waals surface area contributed by atoms with E-state index in [0.29, 0.717) is 0 Å². The second-order valence-electron chi connectivity index (χ2n) is 6.65. The van der Waals surface area contributed by atoms with Gasteiger partial charge >= 0.3 is 0 Å². The number of nitrogens with one attached hydrogen (secondary N) is 1. The molecule has 3 rings (SSSR count). The number of aryl methyl sites for hydroxylation is 5. The fourth-order valence-electron chi connectivity index (χ4n) is 3.35. The van der Waals surface area contributed by atoms with Crippen molar-refractivity contribution in [3.8, 4) is 11.1 Å². The van der Waals surface area contributed by atoms with E-state index in [2.05, 4.69) is 80.7 Å². The number of hydrogen-bond donors (Lipinski definition) is 1. The Morgan fingerprint density at radius 1 is 0.800 bits per heavy atom. The number of anilines is 1. The van der Waals surface area contributed by atoms with E-state index in [1.54, 1.807) is 0 Å². The topological polar surface area (TPSA) is 24.9 Å². The average molecular weight is 330 g/mol. The molecule has 0 saturated carbocycles.